The molecule has 0 bridgehead atoms. The number of rotatable bonds is 6. The minimum atomic E-state index is -1.83. The summed E-state index contributed by atoms with van der Waals surface area (Å²) >= 11 is 0. The summed E-state index contributed by atoms with van der Waals surface area (Å²) in [6.45, 7) is 12.6. The number of allylic oxidation sites excluding steroid dienone is 2. The van der Waals surface area contributed by atoms with Gasteiger partial charge in [-0.25, -0.2) is 0 Å². The minimum absolute atomic E-state index is 0.0467. The van der Waals surface area contributed by atoms with E-state index in [0.717, 1.165) is 56.5 Å². The van der Waals surface area contributed by atoms with Gasteiger partial charge < -0.3 is 28.1 Å². The topological polar surface area (TPSA) is 55.4 Å². The minimum Gasteiger partial charge on any atom is -0.492 e. The van der Waals surface area contributed by atoms with E-state index in [-0.39, 0.29) is 36.8 Å². The van der Waals surface area contributed by atoms with Crippen molar-refractivity contribution in [2.24, 2.45) is 5.92 Å². The highest BCUT2D eigenvalue weighted by Crippen LogP contribution is 2.43. The molecule has 7 heteroatoms. The first-order chi connectivity index (χ1) is 17.2. The molecule has 0 N–H and O–H groups in total. The van der Waals surface area contributed by atoms with Crippen molar-refractivity contribution in [2.45, 2.75) is 114 Å². The Morgan fingerprint density at radius 1 is 1.03 bits per heavy atom. The van der Waals surface area contributed by atoms with Crippen LogP contribution < -0.4 is 0 Å². The molecule has 5 rings (SSSR count). The SMILES string of the molecule is C[C@@H]1CC=C(CC[C@@H]2O[C@@H]3CO[C@@H](c4ccccc4)O[C@H]3C[C@@]2(C)O[Si](C)(C)C)O[C@H]2CCCO[C@H]12. The van der Waals surface area contributed by atoms with E-state index in [4.69, 9.17) is 28.1 Å². The van der Waals surface area contributed by atoms with Crippen molar-refractivity contribution in [2.75, 3.05) is 13.2 Å². The molecule has 8 atom stereocenters. The van der Waals surface area contributed by atoms with Crippen molar-refractivity contribution >= 4 is 8.32 Å². The Bertz CT molecular complexity index is 901. The second-order valence-corrected chi connectivity index (χ2v) is 16.6. The summed E-state index contributed by atoms with van der Waals surface area (Å²) in [5, 5.41) is 0. The first kappa shape index (κ1) is 26.4. The van der Waals surface area contributed by atoms with Crippen LogP contribution in [0.25, 0.3) is 0 Å². The van der Waals surface area contributed by atoms with E-state index in [1.165, 1.54) is 0 Å². The second kappa shape index (κ2) is 10.9. The molecule has 3 saturated heterocycles. The van der Waals surface area contributed by atoms with Crippen LogP contribution in [0.2, 0.25) is 19.6 Å². The molecule has 0 radical (unpaired) electrons. The van der Waals surface area contributed by atoms with Gasteiger partial charge in [0, 0.05) is 25.0 Å². The third kappa shape index (κ3) is 6.08. The molecule has 6 nitrogen and oxygen atoms in total. The highest BCUT2D eigenvalue weighted by atomic mass is 28.4. The molecule has 0 aliphatic carbocycles. The maximum Gasteiger partial charge on any atom is 0.184 e. The van der Waals surface area contributed by atoms with Crippen LogP contribution in [-0.2, 0) is 28.1 Å². The summed E-state index contributed by atoms with van der Waals surface area (Å²) in [6.07, 6.45) is 7.74. The smallest absolute Gasteiger partial charge is 0.184 e. The van der Waals surface area contributed by atoms with Gasteiger partial charge in [-0.1, -0.05) is 37.3 Å². The van der Waals surface area contributed by atoms with E-state index >= 15 is 0 Å². The maximum atomic E-state index is 6.85. The predicted octanol–water partition coefficient (Wildman–Crippen LogP) is 6.14. The Hall–Kier alpha value is -1.22. The van der Waals surface area contributed by atoms with Crippen LogP contribution in [-0.4, -0.2) is 57.7 Å². The van der Waals surface area contributed by atoms with E-state index in [0.29, 0.717) is 12.5 Å². The molecule has 4 heterocycles. The van der Waals surface area contributed by atoms with Crippen LogP contribution in [0.1, 0.15) is 64.2 Å². The molecule has 4 aliphatic rings. The molecule has 0 amide bonds. The van der Waals surface area contributed by atoms with Gasteiger partial charge in [0.15, 0.2) is 14.6 Å². The zero-order valence-electron chi connectivity index (χ0n) is 22.6. The third-order valence-electron chi connectivity index (χ3n) is 7.91. The summed E-state index contributed by atoms with van der Waals surface area (Å²) < 4.78 is 38.7. The number of ether oxygens (including phenoxy) is 5. The fourth-order valence-corrected chi connectivity index (χ4v) is 7.91. The van der Waals surface area contributed by atoms with Crippen molar-refractivity contribution in [3.8, 4) is 0 Å². The average Bonchev–Trinajstić information content (AvgIpc) is 3.00. The van der Waals surface area contributed by atoms with Crippen molar-refractivity contribution in [3.63, 3.8) is 0 Å². The molecule has 200 valence electrons. The molecular weight excluding hydrogens is 472 g/mol. The van der Waals surface area contributed by atoms with Crippen LogP contribution in [0.15, 0.2) is 42.2 Å². The fraction of sp³-hybridized carbons (Fsp3) is 0.724. The van der Waals surface area contributed by atoms with Gasteiger partial charge in [-0.3, -0.25) is 0 Å². The quantitative estimate of drug-likeness (QED) is 0.424. The van der Waals surface area contributed by atoms with Crippen molar-refractivity contribution < 1.29 is 28.1 Å². The van der Waals surface area contributed by atoms with Crippen LogP contribution in [0.5, 0.6) is 0 Å². The lowest BCUT2D eigenvalue weighted by Crippen LogP contribution is -2.61. The van der Waals surface area contributed by atoms with Crippen molar-refractivity contribution in [1.29, 1.82) is 0 Å². The molecule has 0 aromatic heterocycles. The monoisotopic (exact) mass is 516 g/mol. The summed E-state index contributed by atoms with van der Waals surface area (Å²) in [4.78, 5) is 0. The van der Waals surface area contributed by atoms with Gasteiger partial charge >= 0.3 is 0 Å². The largest absolute Gasteiger partial charge is 0.492 e. The predicted molar refractivity (Wildman–Crippen MR) is 141 cm³/mol. The number of hydrogen-bond acceptors (Lipinski definition) is 6. The summed E-state index contributed by atoms with van der Waals surface area (Å²) in [7, 11) is -1.83. The first-order valence-corrected chi connectivity index (χ1v) is 17.3. The van der Waals surface area contributed by atoms with Crippen molar-refractivity contribution in [3.05, 3.63) is 47.7 Å². The highest BCUT2D eigenvalue weighted by Gasteiger charge is 2.51. The third-order valence-corrected chi connectivity index (χ3v) is 8.98. The maximum absolute atomic E-state index is 6.85. The Kier molecular flexibility index (Phi) is 7.97. The van der Waals surface area contributed by atoms with Gasteiger partial charge in [-0.05, 0) is 64.2 Å². The van der Waals surface area contributed by atoms with Crippen LogP contribution in [0.3, 0.4) is 0 Å². The van der Waals surface area contributed by atoms with Gasteiger partial charge in [0.05, 0.1) is 36.3 Å². The Labute approximate surface area is 217 Å². The second-order valence-electron chi connectivity index (χ2n) is 12.2. The van der Waals surface area contributed by atoms with Crippen LogP contribution in [0.4, 0.5) is 0 Å². The molecule has 0 unspecified atom stereocenters. The van der Waals surface area contributed by atoms with Gasteiger partial charge in [0.25, 0.3) is 0 Å². The van der Waals surface area contributed by atoms with Gasteiger partial charge in [-0.15, -0.1) is 0 Å². The molecule has 3 fully saturated rings. The zero-order valence-corrected chi connectivity index (χ0v) is 23.6. The van der Waals surface area contributed by atoms with E-state index in [9.17, 15) is 0 Å². The summed E-state index contributed by atoms with van der Waals surface area (Å²) in [5.41, 5.74) is 0.627. The summed E-state index contributed by atoms with van der Waals surface area (Å²) in [6, 6.07) is 10.2. The summed E-state index contributed by atoms with van der Waals surface area (Å²) in [5.74, 6) is 1.57. The number of benzene rings is 1. The highest BCUT2D eigenvalue weighted by molar-refractivity contribution is 6.69. The Morgan fingerprint density at radius 3 is 2.61 bits per heavy atom. The van der Waals surface area contributed by atoms with Gasteiger partial charge in [-0.2, -0.15) is 0 Å². The average molecular weight is 517 g/mol. The van der Waals surface area contributed by atoms with Crippen molar-refractivity contribution in [1.82, 2.24) is 0 Å². The lowest BCUT2D eigenvalue weighted by atomic mass is 9.84. The number of hydrogen-bond donors (Lipinski definition) is 0. The van der Waals surface area contributed by atoms with E-state index in [2.05, 4.69) is 51.7 Å². The number of fused-ring (bicyclic) bond motifs is 2. The van der Waals surface area contributed by atoms with E-state index in [1.807, 2.05) is 18.2 Å². The zero-order chi connectivity index (χ0) is 25.3. The standard InChI is InChI=1S/C29H44O6Si/c1-20-13-14-22(32-23-12-9-17-30-27(20)23)15-16-26-29(2,35-36(3,4)5)18-24-25(33-26)19-31-28(34-24)21-10-7-6-8-11-21/h6-8,10-11,14,20,23-28H,9,12-13,15-19H2,1-5H3/t20-,23+,24+,25-,26+,27-,28-,29-/m1/s1. The Balaban J connectivity index is 1.27. The molecule has 0 saturated carbocycles. The molecule has 36 heavy (non-hydrogen) atoms. The molecule has 4 aliphatic heterocycles. The lowest BCUT2D eigenvalue weighted by Gasteiger charge is -2.52. The Morgan fingerprint density at radius 2 is 1.83 bits per heavy atom. The molecule has 1 aromatic carbocycles. The first-order valence-electron chi connectivity index (χ1n) is 13.9. The molecule has 0 spiro atoms. The van der Waals surface area contributed by atoms with E-state index < -0.39 is 13.9 Å². The van der Waals surface area contributed by atoms with Crippen LogP contribution >= 0.6 is 0 Å². The van der Waals surface area contributed by atoms with Gasteiger partial charge in [0.2, 0.25) is 0 Å². The van der Waals surface area contributed by atoms with Gasteiger partial charge in [0.1, 0.15) is 12.2 Å². The fourth-order valence-electron chi connectivity index (χ4n) is 6.29. The molecular formula is C29H44O6Si. The lowest BCUT2D eigenvalue weighted by molar-refractivity contribution is -0.314. The molecule has 1 aromatic rings. The van der Waals surface area contributed by atoms with Crippen LogP contribution in [0, 0.1) is 5.92 Å². The normalized spacial score (nSPS) is 39.2. The van der Waals surface area contributed by atoms with E-state index in [1.54, 1.807) is 0 Å².